The second-order valence-corrected chi connectivity index (χ2v) is 9.01. The van der Waals surface area contributed by atoms with Crippen LogP contribution in [0.4, 0.5) is 16.2 Å². The monoisotopic (exact) mass is 444 g/mol. The summed E-state index contributed by atoms with van der Waals surface area (Å²) in [5.41, 5.74) is 0.709. The first-order valence-electron chi connectivity index (χ1n) is 10.4. The van der Waals surface area contributed by atoms with Gasteiger partial charge in [0.25, 0.3) is 0 Å². The van der Waals surface area contributed by atoms with Crippen LogP contribution in [0.3, 0.4) is 0 Å². The highest BCUT2D eigenvalue weighted by Gasteiger charge is 2.51. The number of nitrogens with one attached hydrogen (secondary N) is 1. The molecule has 2 heterocycles. The summed E-state index contributed by atoms with van der Waals surface area (Å²) in [5.74, 6) is 0. The van der Waals surface area contributed by atoms with Crippen molar-refractivity contribution in [3.8, 4) is 0 Å². The number of cyclic esters (lactones) is 1. The van der Waals surface area contributed by atoms with Gasteiger partial charge in [0.15, 0.2) is 0 Å². The zero-order valence-corrected chi connectivity index (χ0v) is 18.2. The maximum Gasteiger partial charge on any atom is 0.411 e. The van der Waals surface area contributed by atoms with E-state index in [9.17, 15) is 14.9 Å². The Morgan fingerprint density at radius 1 is 1.23 bits per heavy atom. The van der Waals surface area contributed by atoms with Gasteiger partial charge in [-0.25, -0.2) is 9.78 Å². The summed E-state index contributed by atoms with van der Waals surface area (Å²) in [7, 11) is 0. The molecule has 0 spiro atoms. The molecule has 1 amide bonds. The van der Waals surface area contributed by atoms with Crippen molar-refractivity contribution in [1.29, 1.82) is 0 Å². The Bertz CT molecular complexity index is 977. The van der Waals surface area contributed by atoms with E-state index in [1.165, 1.54) is 12.3 Å². The summed E-state index contributed by atoms with van der Waals surface area (Å²) in [6.45, 7) is 3.89. The van der Waals surface area contributed by atoms with E-state index in [2.05, 4.69) is 10.3 Å². The summed E-state index contributed by atoms with van der Waals surface area (Å²) >= 11 is 5.93. The Hall–Kier alpha value is -2.87. The lowest BCUT2D eigenvalue weighted by Crippen LogP contribution is -2.44. The highest BCUT2D eigenvalue weighted by atomic mass is 35.5. The van der Waals surface area contributed by atoms with Crippen LogP contribution in [-0.4, -0.2) is 38.6 Å². The Morgan fingerprint density at radius 2 is 1.90 bits per heavy atom. The van der Waals surface area contributed by atoms with Crippen LogP contribution in [0.25, 0.3) is 0 Å². The van der Waals surface area contributed by atoms with Crippen LogP contribution in [0.1, 0.15) is 51.1 Å². The minimum absolute atomic E-state index is 0.0496. The Labute approximate surface area is 185 Å². The molecular weight excluding hydrogens is 420 g/mol. The topological polar surface area (TPSA) is 97.6 Å². The number of rotatable bonds is 5. The fourth-order valence-electron chi connectivity index (χ4n) is 4.73. The molecule has 1 atom stereocenters. The third-order valence-electron chi connectivity index (χ3n) is 6.11. The molecule has 0 bridgehead atoms. The molecule has 0 radical (unpaired) electrons. The molecule has 1 N–H and O–H groups in total. The van der Waals surface area contributed by atoms with Gasteiger partial charge in [-0.15, -0.1) is 0 Å². The number of halogens is 1. The van der Waals surface area contributed by atoms with Crippen molar-refractivity contribution in [3.05, 3.63) is 63.4 Å². The number of nitrogens with zero attached hydrogens (tertiary/aromatic N) is 3. The average Bonchev–Trinajstić information content (AvgIpc) is 2.97. The number of hydrogen-bond acceptors (Lipinski definition) is 6. The Balaban J connectivity index is 1.48. The lowest BCUT2D eigenvalue weighted by Gasteiger charge is -2.38. The lowest BCUT2D eigenvalue weighted by atomic mass is 9.86. The maximum absolute atomic E-state index is 12.8. The third kappa shape index (κ3) is 4.30. The highest BCUT2D eigenvalue weighted by molar-refractivity contribution is 6.29. The molecule has 1 unspecified atom stereocenters. The van der Waals surface area contributed by atoms with E-state index in [1.807, 2.05) is 49.1 Å². The highest BCUT2D eigenvalue weighted by Crippen LogP contribution is 2.44. The molecule has 4 rings (SSSR count). The number of amides is 1. The molecular formula is C22H25ClN4O4. The zero-order valence-electron chi connectivity index (χ0n) is 17.5. The fraction of sp³-hybridized carbons (Fsp3) is 0.455. The molecule has 9 heteroatoms. The van der Waals surface area contributed by atoms with Crippen LogP contribution >= 0.6 is 11.6 Å². The van der Waals surface area contributed by atoms with Crippen LogP contribution < -0.4 is 5.32 Å². The SMILES string of the molecule is CC1(C)OC(=O)N(C2CCC(Nc3cc(Cl)ncc3[N+](=O)[O-])CC2)C1c1ccccc1. The summed E-state index contributed by atoms with van der Waals surface area (Å²) in [6, 6.07) is 11.4. The fourth-order valence-corrected chi connectivity index (χ4v) is 4.89. The van der Waals surface area contributed by atoms with Crippen molar-refractivity contribution in [2.45, 2.75) is 63.3 Å². The molecule has 1 saturated carbocycles. The van der Waals surface area contributed by atoms with Crippen LogP contribution in [0.2, 0.25) is 5.15 Å². The number of nitro groups is 1. The molecule has 164 valence electrons. The van der Waals surface area contributed by atoms with Crippen molar-refractivity contribution >= 4 is 29.1 Å². The van der Waals surface area contributed by atoms with Gasteiger partial charge in [-0.3, -0.25) is 15.0 Å². The van der Waals surface area contributed by atoms with Crippen LogP contribution in [0, 0.1) is 10.1 Å². The predicted molar refractivity (Wildman–Crippen MR) is 117 cm³/mol. The smallest absolute Gasteiger partial charge is 0.411 e. The van der Waals surface area contributed by atoms with E-state index in [-0.39, 0.29) is 35.1 Å². The van der Waals surface area contributed by atoms with Crippen molar-refractivity contribution in [1.82, 2.24) is 9.88 Å². The van der Waals surface area contributed by atoms with E-state index in [1.54, 1.807) is 0 Å². The lowest BCUT2D eigenvalue weighted by molar-refractivity contribution is -0.384. The number of pyridine rings is 1. The molecule has 2 aromatic rings. The Morgan fingerprint density at radius 3 is 2.55 bits per heavy atom. The van der Waals surface area contributed by atoms with Gasteiger partial charge in [0, 0.05) is 18.2 Å². The minimum Gasteiger partial charge on any atom is -0.441 e. The van der Waals surface area contributed by atoms with Gasteiger partial charge in [-0.05, 0) is 45.1 Å². The van der Waals surface area contributed by atoms with Crippen LogP contribution in [0.5, 0.6) is 0 Å². The second-order valence-electron chi connectivity index (χ2n) is 8.62. The largest absolute Gasteiger partial charge is 0.441 e. The van der Waals surface area contributed by atoms with E-state index in [4.69, 9.17) is 16.3 Å². The zero-order chi connectivity index (χ0) is 22.2. The van der Waals surface area contributed by atoms with E-state index < -0.39 is 10.5 Å². The molecule has 31 heavy (non-hydrogen) atoms. The quantitative estimate of drug-likeness (QED) is 0.380. The molecule has 2 aliphatic rings. The van der Waals surface area contributed by atoms with Crippen LogP contribution in [0.15, 0.2) is 42.6 Å². The minimum atomic E-state index is -0.623. The van der Waals surface area contributed by atoms with Crippen molar-refractivity contribution in [3.63, 3.8) is 0 Å². The first-order chi connectivity index (χ1) is 14.8. The second kappa shape index (κ2) is 8.34. The van der Waals surface area contributed by atoms with Crippen molar-refractivity contribution in [2.75, 3.05) is 5.32 Å². The molecule has 1 aromatic heterocycles. The number of ether oxygens (including phenoxy) is 1. The summed E-state index contributed by atoms with van der Waals surface area (Å²) in [5, 5.41) is 14.7. The molecule has 1 aliphatic heterocycles. The van der Waals surface area contributed by atoms with Crippen molar-refractivity contribution in [2.24, 2.45) is 0 Å². The molecule has 8 nitrogen and oxygen atoms in total. The normalized spacial score (nSPS) is 25.2. The molecule has 2 fully saturated rings. The first kappa shape index (κ1) is 21.4. The van der Waals surface area contributed by atoms with Gasteiger partial charge >= 0.3 is 11.8 Å². The number of anilines is 1. The van der Waals surface area contributed by atoms with E-state index in [0.29, 0.717) is 5.69 Å². The maximum atomic E-state index is 12.8. The van der Waals surface area contributed by atoms with Gasteiger partial charge in [0.2, 0.25) is 0 Å². The number of hydrogen-bond donors (Lipinski definition) is 1. The molecule has 1 aromatic carbocycles. The summed E-state index contributed by atoms with van der Waals surface area (Å²) in [4.78, 5) is 29.3. The Kier molecular flexibility index (Phi) is 5.75. The standard InChI is InChI=1S/C22H25ClN4O4/c1-22(2)20(14-6-4-3-5-7-14)26(21(28)31-22)16-10-8-15(9-11-16)25-17-12-19(23)24-13-18(17)27(29)30/h3-7,12-13,15-16,20H,8-11H2,1-2H3,(H,24,25). The number of benzene rings is 1. The summed E-state index contributed by atoms with van der Waals surface area (Å²) < 4.78 is 5.73. The van der Waals surface area contributed by atoms with E-state index in [0.717, 1.165) is 31.2 Å². The van der Waals surface area contributed by atoms with Gasteiger partial charge in [-0.1, -0.05) is 41.9 Å². The number of carbonyl (C=O) groups is 1. The number of aromatic nitrogens is 1. The van der Waals surface area contributed by atoms with Gasteiger partial charge in [0.1, 0.15) is 22.6 Å². The molecule has 1 saturated heterocycles. The van der Waals surface area contributed by atoms with Crippen LogP contribution in [-0.2, 0) is 4.74 Å². The summed E-state index contributed by atoms with van der Waals surface area (Å²) in [6.07, 6.45) is 3.98. The average molecular weight is 445 g/mol. The number of carbonyl (C=O) groups excluding carboxylic acids is 1. The third-order valence-corrected chi connectivity index (χ3v) is 6.32. The first-order valence-corrected chi connectivity index (χ1v) is 10.8. The predicted octanol–water partition coefficient (Wildman–Crippen LogP) is 5.34. The molecule has 1 aliphatic carbocycles. The van der Waals surface area contributed by atoms with Crippen molar-refractivity contribution < 1.29 is 14.5 Å². The van der Waals surface area contributed by atoms with Gasteiger partial charge in [0.05, 0.1) is 11.0 Å². The van der Waals surface area contributed by atoms with E-state index >= 15 is 0 Å². The van der Waals surface area contributed by atoms with Gasteiger partial charge < -0.3 is 10.1 Å². The van der Waals surface area contributed by atoms with Gasteiger partial charge in [-0.2, -0.15) is 0 Å².